The third-order valence-electron chi connectivity index (χ3n) is 4.93. The Morgan fingerprint density at radius 2 is 1.80 bits per heavy atom. The Balaban J connectivity index is 1.76. The van der Waals surface area contributed by atoms with E-state index in [9.17, 15) is 10.2 Å². The van der Waals surface area contributed by atoms with Gasteiger partial charge in [-0.05, 0) is 32.8 Å². The van der Waals surface area contributed by atoms with E-state index in [0.717, 1.165) is 11.1 Å². The third-order valence-corrected chi connectivity index (χ3v) is 4.93. The van der Waals surface area contributed by atoms with Gasteiger partial charge in [0.2, 0.25) is 6.79 Å². The van der Waals surface area contributed by atoms with E-state index >= 15 is 0 Å². The van der Waals surface area contributed by atoms with E-state index in [4.69, 9.17) is 18.9 Å². The summed E-state index contributed by atoms with van der Waals surface area (Å²) in [6.07, 6.45) is 0.942. The number of hydrogen-bond donors (Lipinski definition) is 2. The van der Waals surface area contributed by atoms with Crippen molar-refractivity contribution in [2.24, 2.45) is 0 Å². The molecule has 1 atom stereocenters. The van der Waals surface area contributed by atoms with Gasteiger partial charge in [-0.3, -0.25) is 0 Å². The Hall–Kier alpha value is -2.76. The molecule has 2 aromatic carbocycles. The number of benzene rings is 2. The quantitative estimate of drug-likeness (QED) is 0.868. The Bertz CT molecular complexity index is 858. The maximum absolute atomic E-state index is 10.5. The number of hydrogen-bond acceptors (Lipinski definition) is 6. The molecule has 0 aliphatic carbocycles. The second-order valence-electron chi connectivity index (χ2n) is 6.35. The molecule has 0 bridgehead atoms. The van der Waals surface area contributed by atoms with Crippen LogP contribution in [0.4, 0.5) is 0 Å². The topological polar surface area (TPSA) is 77.4 Å². The fourth-order valence-electron chi connectivity index (χ4n) is 3.65. The molecule has 4 rings (SSSR count). The predicted octanol–water partition coefficient (Wildman–Crippen LogP) is 3.52. The van der Waals surface area contributed by atoms with Crippen LogP contribution >= 0.6 is 0 Å². The fourth-order valence-corrected chi connectivity index (χ4v) is 3.65. The van der Waals surface area contributed by atoms with Gasteiger partial charge in [0.1, 0.15) is 29.1 Å². The van der Waals surface area contributed by atoms with E-state index in [1.165, 1.54) is 0 Å². The maximum atomic E-state index is 10.5. The Morgan fingerprint density at radius 1 is 1.08 bits per heavy atom. The number of aromatic hydroxyl groups is 2. The predicted molar refractivity (Wildman–Crippen MR) is 90.1 cm³/mol. The van der Waals surface area contributed by atoms with Crippen molar-refractivity contribution in [3.63, 3.8) is 0 Å². The van der Waals surface area contributed by atoms with E-state index in [0.29, 0.717) is 47.0 Å². The zero-order valence-electron chi connectivity index (χ0n) is 14.4. The Kier molecular flexibility index (Phi) is 3.56. The van der Waals surface area contributed by atoms with Gasteiger partial charge in [0.25, 0.3) is 0 Å². The van der Waals surface area contributed by atoms with Gasteiger partial charge < -0.3 is 29.2 Å². The van der Waals surface area contributed by atoms with E-state index in [1.807, 2.05) is 13.8 Å². The van der Waals surface area contributed by atoms with Crippen LogP contribution in [-0.4, -0.2) is 24.1 Å². The summed E-state index contributed by atoms with van der Waals surface area (Å²) in [4.78, 5) is 0. The molecule has 0 fully saturated rings. The first-order valence-corrected chi connectivity index (χ1v) is 8.19. The first kappa shape index (κ1) is 15.7. The molecule has 2 aliphatic rings. The average Bonchev–Trinajstić information content (AvgIpc) is 3.06. The minimum atomic E-state index is -0.340. The standard InChI is InChI=1S/C19H20O6/c1-9-17(21)11-4-5-14(25-19(11)10(2)18(9)22-3)12-6-15-16(7-13(12)20)24-8-23-15/h6-7,14,20-21H,4-5,8H2,1-3H3. The molecule has 2 heterocycles. The monoisotopic (exact) mass is 344 g/mol. The van der Waals surface area contributed by atoms with Crippen LogP contribution in [0.5, 0.6) is 34.5 Å². The highest BCUT2D eigenvalue weighted by atomic mass is 16.7. The van der Waals surface area contributed by atoms with E-state index in [1.54, 1.807) is 19.2 Å². The van der Waals surface area contributed by atoms with Crippen LogP contribution in [0.1, 0.15) is 34.8 Å². The molecule has 0 aromatic heterocycles. The summed E-state index contributed by atoms with van der Waals surface area (Å²) in [6.45, 7) is 3.89. The smallest absolute Gasteiger partial charge is 0.231 e. The average molecular weight is 344 g/mol. The van der Waals surface area contributed by atoms with Crippen molar-refractivity contribution in [1.82, 2.24) is 0 Å². The lowest BCUT2D eigenvalue weighted by molar-refractivity contribution is 0.167. The summed E-state index contributed by atoms with van der Waals surface area (Å²) in [5.74, 6) is 2.69. The van der Waals surface area contributed by atoms with Gasteiger partial charge in [-0.25, -0.2) is 0 Å². The summed E-state index contributed by atoms with van der Waals surface area (Å²) in [6, 6.07) is 3.31. The minimum Gasteiger partial charge on any atom is -0.507 e. The summed E-state index contributed by atoms with van der Waals surface area (Å²) in [5.41, 5.74) is 2.99. The molecular formula is C19H20O6. The van der Waals surface area contributed by atoms with Crippen LogP contribution in [0.25, 0.3) is 0 Å². The lowest BCUT2D eigenvalue weighted by atomic mass is 9.92. The SMILES string of the molecule is COc1c(C)c(O)c2c(c1C)OC(c1cc3c(cc1O)OCO3)CC2. The van der Waals surface area contributed by atoms with Gasteiger partial charge in [-0.1, -0.05) is 0 Å². The number of methoxy groups -OCH3 is 1. The van der Waals surface area contributed by atoms with Crippen LogP contribution in [0.15, 0.2) is 12.1 Å². The molecule has 25 heavy (non-hydrogen) atoms. The molecule has 2 aliphatic heterocycles. The summed E-state index contributed by atoms with van der Waals surface area (Å²) >= 11 is 0. The Morgan fingerprint density at radius 3 is 2.52 bits per heavy atom. The summed E-state index contributed by atoms with van der Waals surface area (Å²) < 4.78 is 22.3. The lowest BCUT2D eigenvalue weighted by Gasteiger charge is -2.30. The molecule has 6 nitrogen and oxygen atoms in total. The first-order chi connectivity index (χ1) is 12.0. The molecule has 0 spiro atoms. The van der Waals surface area contributed by atoms with Gasteiger partial charge in [0.15, 0.2) is 11.5 Å². The van der Waals surface area contributed by atoms with E-state index < -0.39 is 0 Å². The van der Waals surface area contributed by atoms with Crippen molar-refractivity contribution < 1.29 is 29.2 Å². The highest BCUT2D eigenvalue weighted by molar-refractivity contribution is 5.62. The van der Waals surface area contributed by atoms with Gasteiger partial charge in [0, 0.05) is 28.3 Å². The second kappa shape index (κ2) is 5.65. The molecule has 0 saturated heterocycles. The number of ether oxygens (including phenoxy) is 4. The van der Waals surface area contributed by atoms with Crippen molar-refractivity contribution >= 4 is 0 Å². The molecule has 0 amide bonds. The van der Waals surface area contributed by atoms with E-state index in [-0.39, 0.29) is 24.4 Å². The van der Waals surface area contributed by atoms with Crippen LogP contribution in [0.2, 0.25) is 0 Å². The van der Waals surface area contributed by atoms with E-state index in [2.05, 4.69) is 0 Å². The zero-order chi connectivity index (χ0) is 17.7. The first-order valence-electron chi connectivity index (χ1n) is 8.19. The third kappa shape index (κ3) is 2.32. The number of phenolic OH excluding ortho intramolecular Hbond substituents is 2. The normalized spacial score (nSPS) is 17.8. The van der Waals surface area contributed by atoms with Crippen molar-refractivity contribution in [2.75, 3.05) is 13.9 Å². The lowest BCUT2D eigenvalue weighted by Crippen LogP contribution is -2.17. The van der Waals surface area contributed by atoms with Crippen molar-refractivity contribution in [3.05, 3.63) is 34.4 Å². The van der Waals surface area contributed by atoms with Gasteiger partial charge in [-0.15, -0.1) is 0 Å². The van der Waals surface area contributed by atoms with Crippen LogP contribution in [-0.2, 0) is 6.42 Å². The molecule has 0 radical (unpaired) electrons. The van der Waals surface area contributed by atoms with Crippen LogP contribution in [0, 0.1) is 13.8 Å². The highest BCUT2D eigenvalue weighted by Crippen LogP contribution is 2.49. The summed E-state index contributed by atoms with van der Waals surface area (Å²) in [7, 11) is 1.57. The minimum absolute atomic E-state index is 0.110. The molecule has 6 heteroatoms. The molecule has 132 valence electrons. The van der Waals surface area contributed by atoms with Gasteiger partial charge in [0.05, 0.1) is 7.11 Å². The Labute approximate surface area is 145 Å². The van der Waals surface area contributed by atoms with Gasteiger partial charge >= 0.3 is 0 Å². The molecule has 1 unspecified atom stereocenters. The maximum Gasteiger partial charge on any atom is 0.231 e. The molecule has 2 aromatic rings. The number of rotatable bonds is 2. The highest BCUT2D eigenvalue weighted by Gasteiger charge is 2.31. The molecular weight excluding hydrogens is 324 g/mol. The van der Waals surface area contributed by atoms with Gasteiger partial charge in [-0.2, -0.15) is 0 Å². The van der Waals surface area contributed by atoms with Crippen molar-refractivity contribution in [3.8, 4) is 34.5 Å². The van der Waals surface area contributed by atoms with Crippen LogP contribution in [0.3, 0.4) is 0 Å². The largest absolute Gasteiger partial charge is 0.507 e. The zero-order valence-corrected chi connectivity index (χ0v) is 14.4. The second-order valence-corrected chi connectivity index (χ2v) is 6.35. The van der Waals surface area contributed by atoms with Crippen molar-refractivity contribution in [2.45, 2.75) is 32.8 Å². The molecule has 2 N–H and O–H groups in total. The number of fused-ring (bicyclic) bond motifs is 2. The van der Waals surface area contributed by atoms with Crippen molar-refractivity contribution in [1.29, 1.82) is 0 Å². The van der Waals surface area contributed by atoms with Crippen LogP contribution < -0.4 is 18.9 Å². The summed E-state index contributed by atoms with van der Waals surface area (Å²) in [5, 5.41) is 20.8. The fraction of sp³-hybridized carbons (Fsp3) is 0.368. The number of phenols is 2. The molecule has 0 saturated carbocycles.